The topological polar surface area (TPSA) is 12.5 Å². The van der Waals surface area contributed by atoms with Crippen molar-refractivity contribution in [1.82, 2.24) is 0 Å². The molecule has 0 saturated carbocycles. The molecular weight excluding hydrogens is 124 g/mol. The SMILES string of the molecule is CCCCC[C@]1(CC)CO1. The first-order chi connectivity index (χ1) is 4.83. The van der Waals surface area contributed by atoms with Crippen LogP contribution in [0.25, 0.3) is 0 Å². The van der Waals surface area contributed by atoms with Crippen LogP contribution in [0.2, 0.25) is 0 Å². The van der Waals surface area contributed by atoms with Crippen molar-refractivity contribution in [1.29, 1.82) is 0 Å². The van der Waals surface area contributed by atoms with Crippen LogP contribution in [0.4, 0.5) is 0 Å². The summed E-state index contributed by atoms with van der Waals surface area (Å²) in [6.07, 6.45) is 6.53. The third-order valence-corrected chi connectivity index (χ3v) is 2.43. The molecule has 10 heavy (non-hydrogen) atoms. The zero-order chi connectivity index (χ0) is 7.45. The summed E-state index contributed by atoms with van der Waals surface area (Å²) in [4.78, 5) is 0. The lowest BCUT2D eigenvalue weighted by Crippen LogP contribution is -2.07. The molecule has 1 heteroatoms. The molecule has 0 N–H and O–H groups in total. The Kier molecular flexibility index (Phi) is 2.72. The second kappa shape index (κ2) is 3.38. The van der Waals surface area contributed by atoms with E-state index in [1.54, 1.807) is 0 Å². The van der Waals surface area contributed by atoms with Crippen molar-refractivity contribution in [3.8, 4) is 0 Å². The third kappa shape index (κ3) is 1.98. The third-order valence-electron chi connectivity index (χ3n) is 2.43. The van der Waals surface area contributed by atoms with Crippen LogP contribution in [0, 0.1) is 0 Å². The molecule has 0 aromatic rings. The van der Waals surface area contributed by atoms with Gasteiger partial charge in [0.15, 0.2) is 0 Å². The van der Waals surface area contributed by atoms with Crippen molar-refractivity contribution in [2.45, 2.75) is 51.6 Å². The summed E-state index contributed by atoms with van der Waals surface area (Å²) in [5, 5.41) is 0. The Hall–Kier alpha value is -0.0400. The smallest absolute Gasteiger partial charge is 0.0914 e. The molecule has 1 fully saturated rings. The lowest BCUT2D eigenvalue weighted by molar-refractivity contribution is 0.275. The maximum absolute atomic E-state index is 5.39. The Morgan fingerprint density at radius 3 is 2.40 bits per heavy atom. The fourth-order valence-corrected chi connectivity index (χ4v) is 1.32. The van der Waals surface area contributed by atoms with E-state index in [9.17, 15) is 0 Å². The van der Waals surface area contributed by atoms with Crippen molar-refractivity contribution in [2.75, 3.05) is 6.61 Å². The molecule has 1 saturated heterocycles. The summed E-state index contributed by atoms with van der Waals surface area (Å²) in [6.45, 7) is 5.48. The molecule has 0 bridgehead atoms. The van der Waals surface area contributed by atoms with Crippen molar-refractivity contribution in [3.05, 3.63) is 0 Å². The maximum Gasteiger partial charge on any atom is 0.0914 e. The Morgan fingerprint density at radius 2 is 2.00 bits per heavy atom. The van der Waals surface area contributed by atoms with Crippen molar-refractivity contribution >= 4 is 0 Å². The summed E-state index contributed by atoms with van der Waals surface area (Å²) in [5.41, 5.74) is 0.342. The molecule has 0 aromatic heterocycles. The molecule has 0 radical (unpaired) electrons. The molecule has 0 aliphatic carbocycles. The van der Waals surface area contributed by atoms with Gasteiger partial charge in [-0.2, -0.15) is 0 Å². The Balaban J connectivity index is 2.01. The molecular formula is C9H18O. The first-order valence-corrected chi connectivity index (χ1v) is 4.47. The first-order valence-electron chi connectivity index (χ1n) is 4.47. The fourth-order valence-electron chi connectivity index (χ4n) is 1.32. The average molecular weight is 142 g/mol. The lowest BCUT2D eigenvalue weighted by Gasteiger charge is -2.06. The molecule has 1 rings (SSSR count). The molecule has 0 spiro atoms. The van der Waals surface area contributed by atoms with E-state index in [2.05, 4.69) is 13.8 Å². The summed E-state index contributed by atoms with van der Waals surface area (Å²) in [6, 6.07) is 0. The highest BCUT2D eigenvalue weighted by molar-refractivity contribution is 4.89. The molecule has 0 amide bonds. The number of ether oxygens (including phenoxy) is 1. The number of rotatable bonds is 5. The minimum atomic E-state index is 0.342. The number of hydrogen-bond donors (Lipinski definition) is 0. The van der Waals surface area contributed by atoms with Crippen LogP contribution in [0.3, 0.4) is 0 Å². The Labute approximate surface area is 63.8 Å². The largest absolute Gasteiger partial charge is 0.370 e. The van der Waals surface area contributed by atoms with Gasteiger partial charge in [-0.1, -0.05) is 33.1 Å². The minimum absolute atomic E-state index is 0.342. The highest BCUT2D eigenvalue weighted by atomic mass is 16.6. The van der Waals surface area contributed by atoms with Gasteiger partial charge in [0.1, 0.15) is 0 Å². The quantitative estimate of drug-likeness (QED) is 0.425. The van der Waals surface area contributed by atoms with Crippen molar-refractivity contribution < 1.29 is 4.74 Å². The number of unbranched alkanes of at least 4 members (excludes halogenated alkanes) is 2. The molecule has 1 atom stereocenters. The molecule has 1 aliphatic rings. The lowest BCUT2D eigenvalue weighted by atomic mass is 10.00. The van der Waals surface area contributed by atoms with E-state index in [1.807, 2.05) is 0 Å². The van der Waals surface area contributed by atoms with Gasteiger partial charge in [0.05, 0.1) is 12.2 Å². The van der Waals surface area contributed by atoms with Gasteiger partial charge in [-0.3, -0.25) is 0 Å². The first kappa shape index (κ1) is 8.06. The molecule has 1 aliphatic heterocycles. The van der Waals surface area contributed by atoms with E-state index in [0.29, 0.717) is 5.60 Å². The van der Waals surface area contributed by atoms with Gasteiger partial charge in [-0.25, -0.2) is 0 Å². The predicted octanol–water partition coefficient (Wildman–Crippen LogP) is 2.75. The second-order valence-electron chi connectivity index (χ2n) is 3.28. The molecule has 0 aromatic carbocycles. The summed E-state index contributed by atoms with van der Waals surface area (Å²) < 4.78 is 5.39. The van der Waals surface area contributed by atoms with Gasteiger partial charge in [-0.15, -0.1) is 0 Å². The van der Waals surface area contributed by atoms with Gasteiger partial charge in [-0.05, 0) is 12.8 Å². The monoisotopic (exact) mass is 142 g/mol. The zero-order valence-electron chi connectivity index (χ0n) is 7.15. The van der Waals surface area contributed by atoms with Crippen LogP contribution in [0.1, 0.15) is 46.0 Å². The number of epoxide rings is 1. The van der Waals surface area contributed by atoms with Crippen LogP contribution in [-0.2, 0) is 4.74 Å². The summed E-state index contributed by atoms with van der Waals surface area (Å²) in [5.74, 6) is 0. The predicted molar refractivity (Wildman–Crippen MR) is 43.1 cm³/mol. The maximum atomic E-state index is 5.39. The van der Waals surface area contributed by atoms with E-state index in [4.69, 9.17) is 4.74 Å². The average Bonchev–Trinajstić information content (AvgIpc) is 2.70. The zero-order valence-corrected chi connectivity index (χ0v) is 7.15. The van der Waals surface area contributed by atoms with Crippen LogP contribution in [-0.4, -0.2) is 12.2 Å². The van der Waals surface area contributed by atoms with Gasteiger partial charge in [0.25, 0.3) is 0 Å². The standard InChI is InChI=1S/C9H18O/c1-3-5-6-7-9(4-2)8-10-9/h3-8H2,1-2H3/t9-/m1/s1. The highest BCUT2D eigenvalue weighted by Gasteiger charge is 2.41. The number of hydrogen-bond acceptors (Lipinski definition) is 1. The van der Waals surface area contributed by atoms with Crippen molar-refractivity contribution in [2.24, 2.45) is 0 Å². The highest BCUT2D eigenvalue weighted by Crippen LogP contribution is 2.35. The molecule has 60 valence electrons. The normalized spacial score (nSPS) is 30.6. The van der Waals surface area contributed by atoms with E-state index >= 15 is 0 Å². The van der Waals surface area contributed by atoms with E-state index in [1.165, 1.54) is 32.1 Å². The minimum Gasteiger partial charge on any atom is -0.370 e. The van der Waals surface area contributed by atoms with Gasteiger partial charge in [0.2, 0.25) is 0 Å². The van der Waals surface area contributed by atoms with Crippen molar-refractivity contribution in [3.63, 3.8) is 0 Å². The van der Waals surface area contributed by atoms with E-state index < -0.39 is 0 Å². The molecule has 0 unspecified atom stereocenters. The molecule has 1 nitrogen and oxygen atoms in total. The fraction of sp³-hybridized carbons (Fsp3) is 1.00. The van der Waals surface area contributed by atoms with Crippen LogP contribution in [0.15, 0.2) is 0 Å². The van der Waals surface area contributed by atoms with Crippen LogP contribution >= 0.6 is 0 Å². The van der Waals surface area contributed by atoms with Gasteiger partial charge < -0.3 is 4.74 Å². The second-order valence-corrected chi connectivity index (χ2v) is 3.28. The van der Waals surface area contributed by atoms with Gasteiger partial charge >= 0.3 is 0 Å². The Bertz CT molecular complexity index is 94.9. The van der Waals surface area contributed by atoms with E-state index in [-0.39, 0.29) is 0 Å². The van der Waals surface area contributed by atoms with Crippen LogP contribution in [0.5, 0.6) is 0 Å². The molecule has 1 heterocycles. The summed E-state index contributed by atoms with van der Waals surface area (Å²) in [7, 11) is 0. The van der Waals surface area contributed by atoms with Crippen LogP contribution < -0.4 is 0 Å². The van der Waals surface area contributed by atoms with Gasteiger partial charge in [0, 0.05) is 0 Å². The summed E-state index contributed by atoms with van der Waals surface area (Å²) >= 11 is 0. The van der Waals surface area contributed by atoms with E-state index in [0.717, 1.165) is 6.61 Å². The Morgan fingerprint density at radius 1 is 1.30 bits per heavy atom.